The molecule has 0 aromatic carbocycles. The Balaban J connectivity index is 0.00000199. The van der Waals surface area contributed by atoms with Crippen LogP contribution in [0.3, 0.4) is 0 Å². The summed E-state index contributed by atoms with van der Waals surface area (Å²) < 4.78 is 0. The summed E-state index contributed by atoms with van der Waals surface area (Å²) in [7, 11) is 0. The van der Waals surface area contributed by atoms with Crippen molar-refractivity contribution in [1.82, 2.24) is 15.5 Å². The SMILES string of the molecule is C=C/C=C(\N=C(C)C)C1=C(C2=CCC(C)(C)C=C2)NC2C=C(CNCC(C)CC)C=CN12.CC. The van der Waals surface area contributed by atoms with E-state index in [0.717, 1.165) is 42.3 Å². The van der Waals surface area contributed by atoms with Crippen LogP contribution in [0.25, 0.3) is 0 Å². The van der Waals surface area contributed by atoms with E-state index in [-0.39, 0.29) is 11.6 Å². The molecule has 0 fully saturated rings. The summed E-state index contributed by atoms with van der Waals surface area (Å²) in [6, 6.07) is 0. The van der Waals surface area contributed by atoms with Crippen LogP contribution in [-0.2, 0) is 0 Å². The standard InChI is InChI=1S/C28H40N4.C2H6/c1-8-10-24(30-20(3)4)27-26(23-11-14-28(6,7)15-12-23)31-25-17-22(13-16-32(25)27)19-29-18-21(5)9-2;1-2/h8,10-14,16-17,21,25,29,31H,1,9,15,18-19H2,2-7H3;1-2H3/b24-10-;. The molecule has 3 aliphatic rings. The van der Waals surface area contributed by atoms with Crippen LogP contribution in [0.15, 0.2) is 88.5 Å². The second-order valence-corrected chi connectivity index (χ2v) is 9.95. The van der Waals surface area contributed by atoms with Gasteiger partial charge in [-0.25, -0.2) is 0 Å². The second-order valence-electron chi connectivity index (χ2n) is 9.95. The fourth-order valence-electron chi connectivity index (χ4n) is 4.01. The van der Waals surface area contributed by atoms with Gasteiger partial charge in [0.15, 0.2) is 0 Å². The number of aliphatic imine (C=N–C) groups is 1. The molecule has 2 heterocycles. The van der Waals surface area contributed by atoms with Crippen LogP contribution in [0.5, 0.6) is 0 Å². The highest BCUT2D eigenvalue weighted by Crippen LogP contribution is 2.38. The molecule has 4 nitrogen and oxygen atoms in total. The zero-order chi connectivity index (χ0) is 25.3. The molecule has 1 aliphatic carbocycles. The molecule has 0 saturated carbocycles. The summed E-state index contributed by atoms with van der Waals surface area (Å²) in [5.74, 6) is 0.695. The van der Waals surface area contributed by atoms with Crippen LogP contribution in [0.1, 0.15) is 68.2 Å². The Morgan fingerprint density at radius 3 is 2.65 bits per heavy atom. The summed E-state index contributed by atoms with van der Waals surface area (Å²) in [4.78, 5) is 7.15. The number of fused-ring (bicyclic) bond motifs is 1. The third-order valence-corrected chi connectivity index (χ3v) is 6.14. The topological polar surface area (TPSA) is 39.7 Å². The van der Waals surface area contributed by atoms with E-state index >= 15 is 0 Å². The van der Waals surface area contributed by atoms with Crippen LogP contribution >= 0.6 is 0 Å². The van der Waals surface area contributed by atoms with E-state index in [9.17, 15) is 0 Å². The van der Waals surface area contributed by atoms with Gasteiger partial charge in [0.2, 0.25) is 0 Å². The monoisotopic (exact) mass is 462 g/mol. The van der Waals surface area contributed by atoms with Gasteiger partial charge in [0.05, 0.1) is 17.1 Å². The Morgan fingerprint density at radius 2 is 2.06 bits per heavy atom. The molecule has 186 valence electrons. The lowest BCUT2D eigenvalue weighted by atomic mass is 9.83. The van der Waals surface area contributed by atoms with Gasteiger partial charge in [-0.2, -0.15) is 0 Å². The average Bonchev–Trinajstić information content (AvgIpc) is 3.18. The smallest absolute Gasteiger partial charge is 0.123 e. The third kappa shape index (κ3) is 7.20. The fraction of sp³-hybridized carbons (Fsp3) is 0.500. The van der Waals surface area contributed by atoms with Gasteiger partial charge in [-0.15, -0.1) is 0 Å². The summed E-state index contributed by atoms with van der Waals surface area (Å²) in [5.41, 5.74) is 6.92. The van der Waals surface area contributed by atoms with Gasteiger partial charge >= 0.3 is 0 Å². The Morgan fingerprint density at radius 1 is 1.32 bits per heavy atom. The minimum Gasteiger partial charge on any atom is -0.359 e. The van der Waals surface area contributed by atoms with E-state index in [2.05, 4.69) is 86.4 Å². The fourth-order valence-corrected chi connectivity index (χ4v) is 4.01. The van der Waals surface area contributed by atoms with Crippen molar-refractivity contribution >= 4 is 5.71 Å². The number of hydrogen-bond donors (Lipinski definition) is 2. The van der Waals surface area contributed by atoms with E-state index in [0.29, 0.717) is 5.92 Å². The average molecular weight is 463 g/mol. The van der Waals surface area contributed by atoms with Gasteiger partial charge in [-0.1, -0.05) is 78.8 Å². The lowest BCUT2D eigenvalue weighted by Gasteiger charge is -2.27. The Labute approximate surface area is 208 Å². The summed E-state index contributed by atoms with van der Waals surface area (Å²) in [5, 5.41) is 7.38. The van der Waals surface area contributed by atoms with Crippen molar-refractivity contribution in [2.24, 2.45) is 16.3 Å². The molecule has 0 radical (unpaired) electrons. The highest BCUT2D eigenvalue weighted by molar-refractivity contribution is 5.81. The molecule has 0 amide bonds. The van der Waals surface area contributed by atoms with Gasteiger partial charge in [0.1, 0.15) is 6.17 Å². The maximum atomic E-state index is 4.86. The third-order valence-electron chi connectivity index (χ3n) is 6.14. The quantitative estimate of drug-likeness (QED) is 0.286. The first-order valence-electron chi connectivity index (χ1n) is 12.9. The lowest BCUT2D eigenvalue weighted by Crippen LogP contribution is -2.35. The van der Waals surface area contributed by atoms with Crippen LogP contribution < -0.4 is 10.6 Å². The first-order chi connectivity index (χ1) is 16.2. The molecule has 0 bridgehead atoms. The molecule has 2 N–H and O–H groups in total. The van der Waals surface area contributed by atoms with E-state index in [1.54, 1.807) is 0 Å². The van der Waals surface area contributed by atoms with Gasteiger partial charge < -0.3 is 15.5 Å². The van der Waals surface area contributed by atoms with Crippen molar-refractivity contribution in [2.45, 2.75) is 74.4 Å². The number of nitrogens with zero attached hydrogens (tertiary/aromatic N) is 2. The largest absolute Gasteiger partial charge is 0.359 e. The summed E-state index contributed by atoms with van der Waals surface area (Å²) in [6.07, 6.45) is 19.8. The molecule has 2 unspecified atom stereocenters. The normalized spacial score (nSPS) is 21.6. The van der Waals surface area contributed by atoms with E-state index in [1.807, 2.05) is 39.8 Å². The van der Waals surface area contributed by atoms with Crippen LogP contribution in [-0.4, -0.2) is 29.9 Å². The molecule has 34 heavy (non-hydrogen) atoms. The highest BCUT2D eigenvalue weighted by atomic mass is 15.3. The van der Waals surface area contributed by atoms with Crippen molar-refractivity contribution in [3.8, 4) is 0 Å². The molecule has 4 heteroatoms. The van der Waals surface area contributed by atoms with E-state index in [1.165, 1.54) is 17.6 Å². The maximum absolute atomic E-state index is 4.86. The minimum absolute atomic E-state index is 0.0789. The Hall–Kier alpha value is -2.59. The maximum Gasteiger partial charge on any atom is 0.123 e. The molecule has 2 aliphatic heterocycles. The van der Waals surface area contributed by atoms with Gasteiger partial charge in [-0.05, 0) is 67.5 Å². The molecule has 0 spiro atoms. The molecular formula is C30H46N4. The molecule has 0 saturated heterocycles. The first kappa shape index (κ1) is 27.7. The van der Waals surface area contributed by atoms with Crippen LogP contribution in [0, 0.1) is 11.3 Å². The van der Waals surface area contributed by atoms with Crippen molar-refractivity contribution in [3.63, 3.8) is 0 Å². The number of rotatable bonds is 9. The van der Waals surface area contributed by atoms with Crippen molar-refractivity contribution in [1.29, 1.82) is 0 Å². The minimum atomic E-state index is 0.0789. The molecule has 2 atom stereocenters. The predicted octanol–water partition coefficient (Wildman–Crippen LogP) is 7.01. The highest BCUT2D eigenvalue weighted by Gasteiger charge is 2.34. The lowest BCUT2D eigenvalue weighted by molar-refractivity contribution is 0.400. The summed E-state index contributed by atoms with van der Waals surface area (Å²) >= 11 is 0. The van der Waals surface area contributed by atoms with E-state index < -0.39 is 0 Å². The van der Waals surface area contributed by atoms with E-state index in [4.69, 9.17) is 4.99 Å². The first-order valence-corrected chi connectivity index (χ1v) is 12.9. The van der Waals surface area contributed by atoms with Crippen LogP contribution in [0.4, 0.5) is 0 Å². The van der Waals surface area contributed by atoms with Crippen molar-refractivity contribution < 1.29 is 0 Å². The number of hydrogen-bond acceptors (Lipinski definition) is 4. The van der Waals surface area contributed by atoms with Gasteiger partial charge in [-0.3, -0.25) is 4.99 Å². The van der Waals surface area contributed by atoms with Gasteiger partial charge in [0.25, 0.3) is 0 Å². The predicted molar refractivity (Wildman–Crippen MR) is 149 cm³/mol. The molecule has 0 aromatic rings. The van der Waals surface area contributed by atoms with Crippen molar-refractivity contribution in [3.05, 3.63) is 83.5 Å². The zero-order valence-corrected chi connectivity index (χ0v) is 22.7. The zero-order valence-electron chi connectivity index (χ0n) is 22.7. The summed E-state index contributed by atoms with van der Waals surface area (Å²) in [6.45, 7) is 23.0. The molecule has 0 aromatic heterocycles. The molecular weight excluding hydrogens is 416 g/mol. The van der Waals surface area contributed by atoms with Crippen LogP contribution in [0.2, 0.25) is 0 Å². The number of nitrogens with one attached hydrogen (secondary N) is 2. The van der Waals surface area contributed by atoms with Gasteiger partial charge in [0, 0.05) is 18.5 Å². The molecule has 3 rings (SSSR count). The second kappa shape index (κ2) is 12.8. The van der Waals surface area contributed by atoms with Crippen molar-refractivity contribution in [2.75, 3.05) is 13.1 Å². The number of allylic oxidation sites excluding steroid dienone is 5. The Bertz CT molecular complexity index is 933. The Kier molecular flexibility index (Phi) is 10.4.